The van der Waals surface area contributed by atoms with Gasteiger partial charge in [0.25, 0.3) is 0 Å². The Kier molecular flexibility index (Phi) is 3.83. The van der Waals surface area contributed by atoms with Gasteiger partial charge < -0.3 is 5.32 Å². The molecule has 1 saturated carbocycles. The van der Waals surface area contributed by atoms with Gasteiger partial charge in [0.2, 0.25) is 0 Å². The van der Waals surface area contributed by atoms with Crippen molar-refractivity contribution in [1.82, 2.24) is 5.32 Å². The largest absolute Gasteiger partial charge is 0.364 e. The summed E-state index contributed by atoms with van der Waals surface area (Å²) in [5, 5.41) is 5.24. The van der Waals surface area contributed by atoms with E-state index in [1.165, 1.54) is 31.2 Å². The highest BCUT2D eigenvalue weighted by molar-refractivity contribution is 8.14. The fourth-order valence-corrected chi connectivity index (χ4v) is 3.93. The molecular formula is C16H22N2S. The van der Waals surface area contributed by atoms with Gasteiger partial charge in [0, 0.05) is 6.54 Å². The van der Waals surface area contributed by atoms with Crippen LogP contribution < -0.4 is 5.32 Å². The molecule has 1 fully saturated rings. The van der Waals surface area contributed by atoms with Gasteiger partial charge in [-0.05, 0) is 30.2 Å². The van der Waals surface area contributed by atoms with E-state index >= 15 is 0 Å². The monoisotopic (exact) mass is 274 g/mol. The number of nitrogens with one attached hydrogen (secondary N) is 1. The molecule has 1 aliphatic heterocycles. The number of amidine groups is 1. The molecule has 2 nitrogen and oxygen atoms in total. The summed E-state index contributed by atoms with van der Waals surface area (Å²) >= 11 is 1.89. The van der Waals surface area contributed by atoms with E-state index in [0.29, 0.717) is 10.7 Å². The van der Waals surface area contributed by atoms with Crippen LogP contribution in [0.25, 0.3) is 0 Å². The molecule has 0 aromatic heterocycles. The van der Waals surface area contributed by atoms with Gasteiger partial charge in [0.15, 0.2) is 5.17 Å². The van der Waals surface area contributed by atoms with Crippen molar-refractivity contribution >= 4 is 16.9 Å². The summed E-state index contributed by atoms with van der Waals surface area (Å²) in [6.07, 6.45) is 5.47. The average Bonchev–Trinajstić information content (AvgIpc) is 2.88. The Bertz CT molecular complexity index is 446. The maximum absolute atomic E-state index is 4.66. The third-order valence-electron chi connectivity index (χ3n) is 4.60. The van der Waals surface area contributed by atoms with Crippen LogP contribution in [0, 0.1) is 5.41 Å². The lowest BCUT2D eigenvalue weighted by Gasteiger charge is -2.41. The molecule has 0 bridgehead atoms. The molecule has 19 heavy (non-hydrogen) atoms. The maximum Gasteiger partial charge on any atom is 0.157 e. The molecule has 102 valence electrons. The zero-order chi connectivity index (χ0) is 13.1. The fraction of sp³-hybridized carbons (Fsp3) is 0.562. The summed E-state index contributed by atoms with van der Waals surface area (Å²) < 4.78 is 0. The van der Waals surface area contributed by atoms with Crippen LogP contribution in [0.15, 0.2) is 35.3 Å². The molecule has 1 atom stereocenters. The van der Waals surface area contributed by atoms with Gasteiger partial charge in [-0.1, -0.05) is 55.4 Å². The standard InChI is InChI=1S/C16H22N2S/c1-2-16(9-6-10-16)12-18-15-17-11-14(19-15)13-7-4-3-5-8-13/h3-5,7-8,14H,2,6,9-12H2,1H3,(H,17,18). The smallest absolute Gasteiger partial charge is 0.157 e. The Labute approximate surface area is 120 Å². The van der Waals surface area contributed by atoms with Gasteiger partial charge in [-0.25, -0.2) is 0 Å². The summed E-state index contributed by atoms with van der Waals surface area (Å²) in [6, 6.07) is 10.7. The molecule has 1 aromatic rings. The first-order chi connectivity index (χ1) is 9.31. The molecule has 0 radical (unpaired) electrons. The van der Waals surface area contributed by atoms with Gasteiger partial charge in [-0.2, -0.15) is 0 Å². The van der Waals surface area contributed by atoms with Crippen LogP contribution in [0.2, 0.25) is 0 Å². The van der Waals surface area contributed by atoms with Crippen LogP contribution in [0.5, 0.6) is 0 Å². The van der Waals surface area contributed by atoms with E-state index in [4.69, 9.17) is 0 Å². The van der Waals surface area contributed by atoms with Crippen LogP contribution in [0.4, 0.5) is 0 Å². The molecule has 2 aliphatic rings. The second-order valence-corrected chi connectivity index (χ2v) is 6.92. The summed E-state index contributed by atoms with van der Waals surface area (Å²) in [4.78, 5) is 4.66. The predicted octanol–water partition coefficient (Wildman–Crippen LogP) is 4.00. The van der Waals surface area contributed by atoms with Gasteiger partial charge in [0.05, 0.1) is 11.8 Å². The normalized spacial score (nSPS) is 24.7. The van der Waals surface area contributed by atoms with Crippen LogP contribution in [0.3, 0.4) is 0 Å². The highest BCUT2D eigenvalue weighted by atomic mass is 32.2. The Morgan fingerprint density at radius 3 is 2.74 bits per heavy atom. The van der Waals surface area contributed by atoms with Crippen molar-refractivity contribution in [3.8, 4) is 0 Å². The molecule has 0 saturated heterocycles. The predicted molar refractivity (Wildman–Crippen MR) is 83.7 cm³/mol. The second kappa shape index (κ2) is 5.58. The Morgan fingerprint density at radius 1 is 1.32 bits per heavy atom. The number of rotatable bonds is 4. The molecule has 1 aromatic carbocycles. The first-order valence-corrected chi connectivity index (χ1v) is 8.19. The quantitative estimate of drug-likeness (QED) is 0.897. The molecule has 1 unspecified atom stereocenters. The van der Waals surface area contributed by atoms with E-state index in [9.17, 15) is 0 Å². The van der Waals surface area contributed by atoms with E-state index in [0.717, 1.165) is 18.3 Å². The van der Waals surface area contributed by atoms with Crippen molar-refractivity contribution in [2.24, 2.45) is 10.4 Å². The van der Waals surface area contributed by atoms with Gasteiger partial charge in [-0.3, -0.25) is 4.99 Å². The molecule has 0 amide bonds. The lowest BCUT2D eigenvalue weighted by atomic mass is 9.67. The topological polar surface area (TPSA) is 24.4 Å². The maximum atomic E-state index is 4.66. The van der Waals surface area contributed by atoms with Crippen molar-refractivity contribution in [2.45, 2.75) is 37.9 Å². The first-order valence-electron chi connectivity index (χ1n) is 7.31. The van der Waals surface area contributed by atoms with Crippen LogP contribution in [0.1, 0.15) is 43.4 Å². The first kappa shape index (κ1) is 13.0. The van der Waals surface area contributed by atoms with Gasteiger partial charge in [-0.15, -0.1) is 0 Å². The molecule has 3 rings (SSSR count). The Hall–Kier alpha value is -0.960. The number of thioether (sulfide) groups is 1. The van der Waals surface area contributed by atoms with E-state index in [-0.39, 0.29) is 0 Å². The van der Waals surface area contributed by atoms with E-state index in [1.54, 1.807) is 0 Å². The molecule has 1 aliphatic carbocycles. The highest BCUT2D eigenvalue weighted by Gasteiger charge is 2.35. The van der Waals surface area contributed by atoms with Crippen LogP contribution >= 0.6 is 11.8 Å². The minimum Gasteiger partial charge on any atom is -0.364 e. The highest BCUT2D eigenvalue weighted by Crippen LogP contribution is 2.43. The van der Waals surface area contributed by atoms with Gasteiger partial charge in [0.1, 0.15) is 0 Å². The van der Waals surface area contributed by atoms with Gasteiger partial charge >= 0.3 is 0 Å². The molecule has 3 heteroatoms. The number of hydrogen-bond donors (Lipinski definition) is 1. The number of benzene rings is 1. The van der Waals surface area contributed by atoms with Crippen molar-refractivity contribution in [1.29, 1.82) is 0 Å². The minimum absolute atomic E-state index is 0.502. The van der Waals surface area contributed by atoms with Crippen molar-refractivity contribution < 1.29 is 0 Å². The van der Waals surface area contributed by atoms with E-state index in [1.807, 2.05) is 11.8 Å². The summed E-state index contributed by atoms with van der Waals surface area (Å²) in [6.45, 7) is 4.34. The van der Waals surface area contributed by atoms with Crippen molar-refractivity contribution in [3.05, 3.63) is 35.9 Å². The molecule has 1 heterocycles. The molecule has 1 N–H and O–H groups in total. The average molecular weight is 274 g/mol. The molecular weight excluding hydrogens is 252 g/mol. The summed E-state index contributed by atoms with van der Waals surface area (Å²) in [7, 11) is 0. The Balaban J connectivity index is 1.52. The summed E-state index contributed by atoms with van der Waals surface area (Å²) in [5.41, 5.74) is 1.95. The van der Waals surface area contributed by atoms with E-state index in [2.05, 4.69) is 47.6 Å². The van der Waals surface area contributed by atoms with E-state index < -0.39 is 0 Å². The Morgan fingerprint density at radius 2 is 2.11 bits per heavy atom. The minimum atomic E-state index is 0.502. The third kappa shape index (κ3) is 2.81. The third-order valence-corrected chi connectivity index (χ3v) is 5.81. The zero-order valence-electron chi connectivity index (χ0n) is 11.6. The second-order valence-electron chi connectivity index (χ2n) is 5.72. The number of hydrogen-bond acceptors (Lipinski definition) is 3. The SMILES string of the molecule is CCC1(CNC2=NCC(c3ccccc3)S2)CCC1. The zero-order valence-corrected chi connectivity index (χ0v) is 12.4. The molecule has 0 spiro atoms. The van der Waals surface area contributed by atoms with Crippen molar-refractivity contribution in [3.63, 3.8) is 0 Å². The van der Waals surface area contributed by atoms with Crippen LogP contribution in [-0.2, 0) is 0 Å². The lowest BCUT2D eigenvalue weighted by Crippen LogP contribution is -2.40. The number of nitrogens with zero attached hydrogens (tertiary/aromatic N) is 1. The summed E-state index contributed by atoms with van der Waals surface area (Å²) in [5.74, 6) is 0. The van der Waals surface area contributed by atoms with Crippen molar-refractivity contribution in [2.75, 3.05) is 13.1 Å². The number of aliphatic imine (C=N–C) groups is 1. The lowest BCUT2D eigenvalue weighted by molar-refractivity contribution is 0.132. The fourth-order valence-electron chi connectivity index (χ4n) is 2.91. The van der Waals surface area contributed by atoms with Crippen LogP contribution in [-0.4, -0.2) is 18.3 Å².